The summed E-state index contributed by atoms with van der Waals surface area (Å²) in [5.41, 5.74) is 6.90. The van der Waals surface area contributed by atoms with Crippen molar-refractivity contribution in [2.45, 2.75) is 51.6 Å². The third kappa shape index (κ3) is 4.52. The quantitative estimate of drug-likeness (QED) is 0.514. The van der Waals surface area contributed by atoms with Gasteiger partial charge in [-0.2, -0.15) is 13.2 Å². The van der Waals surface area contributed by atoms with Gasteiger partial charge in [-0.3, -0.25) is 0 Å². The highest BCUT2D eigenvalue weighted by molar-refractivity contribution is 5.71. The van der Waals surface area contributed by atoms with E-state index in [1.54, 1.807) is 6.07 Å². The van der Waals surface area contributed by atoms with Gasteiger partial charge in [0.2, 0.25) is 0 Å². The van der Waals surface area contributed by atoms with E-state index in [-0.39, 0.29) is 0 Å². The summed E-state index contributed by atoms with van der Waals surface area (Å²) in [6.45, 7) is 10.3. The van der Waals surface area contributed by atoms with Crippen LogP contribution in [0.25, 0.3) is 11.1 Å². The van der Waals surface area contributed by atoms with Crippen LogP contribution in [0.1, 0.15) is 59.1 Å². The van der Waals surface area contributed by atoms with E-state index < -0.39 is 11.7 Å². The largest absolute Gasteiger partial charge is 0.416 e. The Morgan fingerprint density at radius 2 is 1.56 bits per heavy atom. The molecule has 0 saturated heterocycles. The number of hydrogen-bond acceptors (Lipinski definition) is 0. The van der Waals surface area contributed by atoms with Crippen molar-refractivity contribution in [2.75, 3.05) is 0 Å². The first-order chi connectivity index (χ1) is 12.8. The molecule has 1 aliphatic carbocycles. The minimum absolute atomic E-state index is 0.541. The molecule has 0 fully saturated rings. The van der Waals surface area contributed by atoms with Crippen LogP contribution in [0.2, 0.25) is 0 Å². The standard InChI is InChI=1S/C24H25F3/c1-16(19-9-6-10-22(14-19)24(25,26)27)11-12-17(2)23-15-21-8-5-4-7-20(21)13-18(23)3/h6,9-10,13-15H,1-2,4-5,7-8,11-12H2,3H3. The molecule has 0 atom stereocenters. The van der Waals surface area contributed by atoms with Crippen molar-refractivity contribution < 1.29 is 13.2 Å². The molecule has 3 heteroatoms. The summed E-state index contributed by atoms with van der Waals surface area (Å²) in [6.07, 6.45) is 1.70. The number of halogens is 3. The molecule has 1 aliphatic rings. The minimum Gasteiger partial charge on any atom is -0.166 e. The Morgan fingerprint density at radius 1 is 0.926 bits per heavy atom. The van der Waals surface area contributed by atoms with Gasteiger partial charge in [0.1, 0.15) is 0 Å². The van der Waals surface area contributed by atoms with Crippen LogP contribution in [0.4, 0.5) is 13.2 Å². The predicted octanol–water partition coefficient (Wildman–Crippen LogP) is 7.40. The Kier molecular flexibility index (Phi) is 5.59. The molecule has 0 bridgehead atoms. The summed E-state index contributed by atoms with van der Waals surface area (Å²) in [6, 6.07) is 9.92. The lowest BCUT2D eigenvalue weighted by molar-refractivity contribution is -0.137. The van der Waals surface area contributed by atoms with Crippen molar-refractivity contribution in [3.8, 4) is 0 Å². The van der Waals surface area contributed by atoms with Gasteiger partial charge in [0, 0.05) is 0 Å². The van der Waals surface area contributed by atoms with E-state index in [1.807, 2.05) is 0 Å². The van der Waals surface area contributed by atoms with Crippen LogP contribution < -0.4 is 0 Å². The fourth-order valence-electron chi connectivity index (χ4n) is 3.79. The number of aryl methyl sites for hydroxylation is 3. The summed E-state index contributed by atoms with van der Waals surface area (Å²) in [5, 5.41) is 0. The zero-order chi connectivity index (χ0) is 19.6. The van der Waals surface area contributed by atoms with E-state index in [9.17, 15) is 13.2 Å². The highest BCUT2D eigenvalue weighted by atomic mass is 19.4. The average Bonchev–Trinajstić information content (AvgIpc) is 2.64. The molecule has 0 amide bonds. The molecule has 3 rings (SSSR count). The smallest absolute Gasteiger partial charge is 0.166 e. The number of allylic oxidation sites excluding steroid dienone is 2. The minimum atomic E-state index is -4.33. The fourth-order valence-corrected chi connectivity index (χ4v) is 3.79. The highest BCUT2D eigenvalue weighted by Crippen LogP contribution is 2.33. The van der Waals surface area contributed by atoms with Crippen LogP contribution in [0.15, 0.2) is 49.6 Å². The number of rotatable bonds is 5. The van der Waals surface area contributed by atoms with Gasteiger partial charge in [0.15, 0.2) is 0 Å². The van der Waals surface area contributed by atoms with Crippen molar-refractivity contribution in [1.29, 1.82) is 0 Å². The molecule has 142 valence electrons. The molecule has 2 aromatic carbocycles. The van der Waals surface area contributed by atoms with Gasteiger partial charge in [0.05, 0.1) is 5.56 Å². The van der Waals surface area contributed by atoms with Gasteiger partial charge in [-0.25, -0.2) is 0 Å². The van der Waals surface area contributed by atoms with Crippen molar-refractivity contribution in [2.24, 2.45) is 0 Å². The normalized spacial score (nSPS) is 13.9. The first-order valence-corrected chi connectivity index (χ1v) is 9.41. The molecule has 0 aromatic heterocycles. The SMILES string of the molecule is C=C(CCC(=C)c1cc2c(cc1C)CCCC2)c1cccc(C(F)(F)F)c1. The summed E-state index contributed by atoms with van der Waals surface area (Å²) in [5.74, 6) is 0. The lowest BCUT2D eigenvalue weighted by Gasteiger charge is -2.20. The maximum Gasteiger partial charge on any atom is 0.416 e. The van der Waals surface area contributed by atoms with E-state index >= 15 is 0 Å². The summed E-state index contributed by atoms with van der Waals surface area (Å²) >= 11 is 0. The van der Waals surface area contributed by atoms with E-state index in [0.717, 1.165) is 24.5 Å². The van der Waals surface area contributed by atoms with Gasteiger partial charge < -0.3 is 0 Å². The molecule has 0 saturated carbocycles. The second kappa shape index (κ2) is 7.75. The monoisotopic (exact) mass is 370 g/mol. The second-order valence-corrected chi connectivity index (χ2v) is 7.43. The molecule has 0 unspecified atom stereocenters. The van der Waals surface area contributed by atoms with Crippen LogP contribution in [0.5, 0.6) is 0 Å². The first kappa shape index (κ1) is 19.5. The summed E-state index contributed by atoms with van der Waals surface area (Å²) in [4.78, 5) is 0. The maximum absolute atomic E-state index is 12.9. The number of hydrogen-bond donors (Lipinski definition) is 0. The van der Waals surface area contributed by atoms with Crippen molar-refractivity contribution in [1.82, 2.24) is 0 Å². The third-order valence-corrected chi connectivity index (χ3v) is 5.40. The molecular weight excluding hydrogens is 345 g/mol. The second-order valence-electron chi connectivity index (χ2n) is 7.43. The van der Waals surface area contributed by atoms with Gasteiger partial charge in [0.25, 0.3) is 0 Å². The summed E-state index contributed by atoms with van der Waals surface area (Å²) in [7, 11) is 0. The molecule has 0 nitrogen and oxygen atoms in total. The van der Waals surface area contributed by atoms with Crippen LogP contribution in [-0.4, -0.2) is 0 Å². The van der Waals surface area contributed by atoms with Gasteiger partial charge in [-0.05, 0) is 96.5 Å². The zero-order valence-corrected chi connectivity index (χ0v) is 15.8. The van der Waals surface area contributed by atoms with Gasteiger partial charge in [-0.15, -0.1) is 0 Å². The van der Waals surface area contributed by atoms with Crippen molar-refractivity contribution in [3.63, 3.8) is 0 Å². The van der Waals surface area contributed by atoms with Crippen LogP contribution in [0, 0.1) is 6.92 Å². The molecule has 0 N–H and O–H groups in total. The molecule has 0 radical (unpaired) electrons. The molecule has 27 heavy (non-hydrogen) atoms. The average molecular weight is 370 g/mol. The Labute approximate surface area is 159 Å². The number of fused-ring (bicyclic) bond motifs is 1. The lowest BCUT2D eigenvalue weighted by atomic mass is 9.85. The van der Waals surface area contributed by atoms with Crippen molar-refractivity contribution >= 4 is 11.1 Å². The molecule has 0 heterocycles. The Bertz CT molecular complexity index is 872. The molecular formula is C24H25F3. The highest BCUT2D eigenvalue weighted by Gasteiger charge is 2.30. The maximum atomic E-state index is 12.9. The third-order valence-electron chi connectivity index (χ3n) is 5.40. The Balaban J connectivity index is 1.70. The van der Waals surface area contributed by atoms with Gasteiger partial charge in [-0.1, -0.05) is 37.4 Å². The van der Waals surface area contributed by atoms with E-state index in [0.29, 0.717) is 24.0 Å². The van der Waals surface area contributed by atoms with Crippen LogP contribution in [-0.2, 0) is 19.0 Å². The topological polar surface area (TPSA) is 0 Å². The zero-order valence-electron chi connectivity index (χ0n) is 15.8. The molecule has 2 aromatic rings. The van der Waals surface area contributed by atoms with Crippen LogP contribution in [0.3, 0.4) is 0 Å². The predicted molar refractivity (Wildman–Crippen MR) is 107 cm³/mol. The lowest BCUT2D eigenvalue weighted by Crippen LogP contribution is -2.05. The van der Waals surface area contributed by atoms with Crippen LogP contribution >= 0.6 is 0 Å². The van der Waals surface area contributed by atoms with E-state index in [2.05, 4.69) is 32.2 Å². The molecule has 0 spiro atoms. The summed E-state index contributed by atoms with van der Waals surface area (Å²) < 4.78 is 38.7. The fraction of sp³-hybridized carbons (Fsp3) is 0.333. The Hall–Kier alpha value is -2.29. The van der Waals surface area contributed by atoms with Crippen molar-refractivity contribution in [3.05, 3.63) is 82.9 Å². The van der Waals surface area contributed by atoms with Gasteiger partial charge >= 0.3 is 6.18 Å². The van der Waals surface area contributed by atoms with E-state index in [1.165, 1.54) is 47.2 Å². The molecule has 0 aliphatic heterocycles. The first-order valence-electron chi connectivity index (χ1n) is 9.41. The number of benzene rings is 2. The Morgan fingerprint density at radius 3 is 2.22 bits per heavy atom. The number of alkyl halides is 3. The van der Waals surface area contributed by atoms with E-state index in [4.69, 9.17) is 0 Å².